The van der Waals surface area contributed by atoms with Crippen LogP contribution in [0, 0.1) is 5.92 Å². The maximum absolute atomic E-state index is 12.7. The Morgan fingerprint density at radius 1 is 1.00 bits per heavy atom. The SMILES string of the molecule is O=C1CC(c2ccc3nc(CNC(=O)c4cc(=O)n5ccccc5n4)cn3c2)NC(C2CCCCC2)C1. The Morgan fingerprint density at radius 3 is 2.73 bits per heavy atom. The topological polar surface area (TPSA) is 110 Å². The number of hydrogen-bond donors (Lipinski definition) is 2. The number of carbonyl (C=O) groups is 2. The highest BCUT2D eigenvalue weighted by Gasteiger charge is 2.33. The maximum Gasteiger partial charge on any atom is 0.270 e. The summed E-state index contributed by atoms with van der Waals surface area (Å²) < 4.78 is 3.33. The number of amides is 1. The molecule has 4 aromatic rings. The van der Waals surface area contributed by atoms with E-state index in [2.05, 4.69) is 20.6 Å². The van der Waals surface area contributed by atoms with Crippen molar-refractivity contribution in [2.75, 3.05) is 0 Å². The molecule has 190 valence electrons. The Labute approximate surface area is 213 Å². The van der Waals surface area contributed by atoms with Crippen molar-refractivity contribution in [3.8, 4) is 0 Å². The molecule has 0 radical (unpaired) electrons. The van der Waals surface area contributed by atoms with Crippen LogP contribution < -0.4 is 16.2 Å². The number of rotatable bonds is 5. The standard InChI is InChI=1S/C28H30N6O3/c35-21-12-22(18-6-2-1-3-7-18)31-23(13-21)19-9-10-25-30-20(17-33(25)16-19)15-29-28(37)24-14-27(36)34-11-5-4-8-26(34)32-24/h4-5,8-11,14,16-18,22-23,31H,1-3,6-7,12-13,15H2,(H,29,37). The quantitative estimate of drug-likeness (QED) is 0.437. The summed E-state index contributed by atoms with van der Waals surface area (Å²) in [6.45, 7) is 0.204. The average Bonchev–Trinajstić information content (AvgIpc) is 3.34. The number of fused-ring (bicyclic) bond motifs is 2. The van der Waals surface area contributed by atoms with Gasteiger partial charge in [-0.1, -0.05) is 31.4 Å². The van der Waals surface area contributed by atoms with Crippen molar-refractivity contribution in [3.05, 3.63) is 82.3 Å². The van der Waals surface area contributed by atoms with Crippen LogP contribution in [-0.2, 0) is 11.3 Å². The zero-order chi connectivity index (χ0) is 25.4. The van der Waals surface area contributed by atoms with Gasteiger partial charge in [0.2, 0.25) is 0 Å². The number of nitrogens with zero attached hydrogens (tertiary/aromatic N) is 4. The Balaban J connectivity index is 1.15. The number of carbonyl (C=O) groups excluding carboxylic acids is 2. The average molecular weight is 499 g/mol. The van der Waals surface area contributed by atoms with Gasteiger partial charge in [-0.3, -0.25) is 18.8 Å². The molecule has 6 rings (SSSR count). The highest BCUT2D eigenvalue weighted by Crippen LogP contribution is 2.33. The monoisotopic (exact) mass is 498 g/mol. The third-order valence-electron chi connectivity index (χ3n) is 7.67. The fourth-order valence-electron chi connectivity index (χ4n) is 5.77. The smallest absolute Gasteiger partial charge is 0.270 e. The molecule has 1 saturated carbocycles. The fourth-order valence-corrected chi connectivity index (χ4v) is 5.77. The van der Waals surface area contributed by atoms with Gasteiger partial charge >= 0.3 is 0 Å². The lowest BCUT2D eigenvalue weighted by atomic mass is 9.79. The van der Waals surface area contributed by atoms with E-state index in [4.69, 9.17) is 0 Å². The van der Waals surface area contributed by atoms with E-state index in [1.54, 1.807) is 24.4 Å². The molecule has 1 aliphatic heterocycles. The Kier molecular flexibility index (Phi) is 6.30. The van der Waals surface area contributed by atoms with E-state index in [1.807, 2.05) is 28.9 Å². The van der Waals surface area contributed by atoms with Crippen molar-refractivity contribution in [2.45, 2.75) is 63.6 Å². The van der Waals surface area contributed by atoms with Gasteiger partial charge in [0.15, 0.2) is 0 Å². The van der Waals surface area contributed by atoms with E-state index in [1.165, 1.54) is 42.6 Å². The molecule has 37 heavy (non-hydrogen) atoms. The van der Waals surface area contributed by atoms with Crippen LogP contribution in [0.2, 0.25) is 0 Å². The number of ketones is 1. The second-order valence-electron chi connectivity index (χ2n) is 10.2. The fraction of sp³-hybridized carbons (Fsp3) is 0.393. The van der Waals surface area contributed by atoms with Crippen LogP contribution in [0.25, 0.3) is 11.3 Å². The number of nitrogens with one attached hydrogen (secondary N) is 2. The van der Waals surface area contributed by atoms with E-state index < -0.39 is 5.91 Å². The first-order valence-electron chi connectivity index (χ1n) is 13.1. The largest absolute Gasteiger partial charge is 0.345 e. The molecule has 1 aliphatic carbocycles. The van der Waals surface area contributed by atoms with Crippen LogP contribution in [0.15, 0.2) is 59.8 Å². The summed E-state index contributed by atoms with van der Waals surface area (Å²) in [6.07, 6.45) is 12.9. The third kappa shape index (κ3) is 4.91. The predicted octanol–water partition coefficient (Wildman–Crippen LogP) is 3.21. The van der Waals surface area contributed by atoms with Crippen molar-refractivity contribution in [1.82, 2.24) is 29.4 Å². The summed E-state index contributed by atoms with van der Waals surface area (Å²) in [6, 6.07) is 10.7. The molecule has 9 nitrogen and oxygen atoms in total. The molecule has 4 aromatic heterocycles. The molecule has 0 aromatic carbocycles. The van der Waals surface area contributed by atoms with Gasteiger partial charge < -0.3 is 15.0 Å². The van der Waals surface area contributed by atoms with Gasteiger partial charge in [-0.2, -0.15) is 0 Å². The number of piperidine rings is 1. The molecule has 0 spiro atoms. The highest BCUT2D eigenvalue weighted by atomic mass is 16.2. The summed E-state index contributed by atoms with van der Waals surface area (Å²) >= 11 is 0. The molecule has 2 aliphatic rings. The number of aromatic nitrogens is 4. The Bertz CT molecular complexity index is 1530. The van der Waals surface area contributed by atoms with Gasteiger partial charge in [-0.25, -0.2) is 9.97 Å². The maximum atomic E-state index is 12.7. The molecular weight excluding hydrogens is 468 g/mol. The summed E-state index contributed by atoms with van der Waals surface area (Å²) in [5.74, 6) is 0.483. The molecule has 1 saturated heterocycles. The summed E-state index contributed by atoms with van der Waals surface area (Å²) in [5, 5.41) is 6.58. The molecular formula is C28H30N6O3. The molecule has 9 heteroatoms. The zero-order valence-electron chi connectivity index (χ0n) is 20.6. The minimum atomic E-state index is -0.431. The van der Waals surface area contributed by atoms with E-state index in [0.29, 0.717) is 35.9 Å². The highest BCUT2D eigenvalue weighted by molar-refractivity contribution is 5.92. The number of imidazole rings is 1. The predicted molar refractivity (Wildman–Crippen MR) is 138 cm³/mol. The lowest BCUT2D eigenvalue weighted by Crippen LogP contribution is -2.45. The first kappa shape index (κ1) is 23.5. The van der Waals surface area contributed by atoms with Crippen LogP contribution in [0.1, 0.15) is 72.7 Å². The van der Waals surface area contributed by atoms with Gasteiger partial charge in [-0.15, -0.1) is 0 Å². The normalized spacial score (nSPS) is 20.9. The van der Waals surface area contributed by atoms with E-state index in [-0.39, 0.29) is 29.9 Å². The summed E-state index contributed by atoms with van der Waals surface area (Å²) in [5.41, 5.74) is 2.70. The third-order valence-corrected chi connectivity index (χ3v) is 7.67. The van der Waals surface area contributed by atoms with Crippen molar-refractivity contribution < 1.29 is 9.59 Å². The number of Topliss-reactive ketones (excluding diaryl/α,β-unsaturated/α-hetero) is 1. The van der Waals surface area contributed by atoms with Crippen molar-refractivity contribution in [1.29, 1.82) is 0 Å². The van der Waals surface area contributed by atoms with Gasteiger partial charge in [0, 0.05) is 49.6 Å². The van der Waals surface area contributed by atoms with Crippen molar-refractivity contribution >= 4 is 23.0 Å². The summed E-state index contributed by atoms with van der Waals surface area (Å²) in [4.78, 5) is 46.5. The molecule has 2 fully saturated rings. The molecule has 2 unspecified atom stereocenters. The van der Waals surface area contributed by atoms with Gasteiger partial charge in [0.05, 0.1) is 12.2 Å². The van der Waals surface area contributed by atoms with Crippen molar-refractivity contribution in [3.63, 3.8) is 0 Å². The van der Waals surface area contributed by atoms with Crippen LogP contribution in [-0.4, -0.2) is 36.5 Å². The van der Waals surface area contributed by atoms with Gasteiger partial charge in [0.1, 0.15) is 22.8 Å². The van der Waals surface area contributed by atoms with Crippen molar-refractivity contribution in [2.24, 2.45) is 5.92 Å². The van der Waals surface area contributed by atoms with E-state index in [0.717, 1.165) is 11.2 Å². The minimum absolute atomic E-state index is 0.00117. The first-order valence-corrected chi connectivity index (χ1v) is 13.1. The second-order valence-corrected chi connectivity index (χ2v) is 10.2. The molecule has 5 heterocycles. The lowest BCUT2D eigenvalue weighted by Gasteiger charge is -2.37. The first-order chi connectivity index (χ1) is 18.0. The molecule has 0 bridgehead atoms. The number of hydrogen-bond acceptors (Lipinski definition) is 6. The number of pyridine rings is 2. The lowest BCUT2D eigenvalue weighted by molar-refractivity contribution is -0.122. The van der Waals surface area contributed by atoms with Crippen LogP contribution in [0.4, 0.5) is 0 Å². The molecule has 2 atom stereocenters. The van der Waals surface area contributed by atoms with Gasteiger partial charge in [-0.05, 0) is 42.5 Å². The Morgan fingerprint density at radius 2 is 1.86 bits per heavy atom. The van der Waals surface area contributed by atoms with Crippen LogP contribution >= 0.6 is 0 Å². The molecule has 1 amide bonds. The van der Waals surface area contributed by atoms with E-state index >= 15 is 0 Å². The molecule has 2 N–H and O–H groups in total. The minimum Gasteiger partial charge on any atom is -0.345 e. The second kappa shape index (κ2) is 9.89. The van der Waals surface area contributed by atoms with Crippen LogP contribution in [0.5, 0.6) is 0 Å². The van der Waals surface area contributed by atoms with Gasteiger partial charge in [0.25, 0.3) is 11.5 Å². The summed E-state index contributed by atoms with van der Waals surface area (Å²) in [7, 11) is 0. The zero-order valence-corrected chi connectivity index (χ0v) is 20.6. The van der Waals surface area contributed by atoms with Crippen LogP contribution in [0.3, 0.4) is 0 Å². The van der Waals surface area contributed by atoms with E-state index in [9.17, 15) is 14.4 Å². The Hall–Kier alpha value is -3.85.